The summed E-state index contributed by atoms with van der Waals surface area (Å²) >= 11 is 0. The number of carbonyl (C=O) groups excluding carboxylic acids is 1. The third-order valence-corrected chi connectivity index (χ3v) is 5.17. The Kier molecular flexibility index (Phi) is 4.32. The second-order valence-corrected chi connectivity index (χ2v) is 6.88. The lowest BCUT2D eigenvalue weighted by atomic mass is 9.97. The molecule has 4 rings (SSSR count). The first-order valence-electron chi connectivity index (χ1n) is 9.04. The lowest BCUT2D eigenvalue weighted by Gasteiger charge is -2.35. The minimum atomic E-state index is -0.146. The first-order valence-corrected chi connectivity index (χ1v) is 9.04. The highest BCUT2D eigenvalue weighted by molar-refractivity contribution is 5.79. The fourth-order valence-corrected chi connectivity index (χ4v) is 3.73. The van der Waals surface area contributed by atoms with E-state index in [-0.39, 0.29) is 17.5 Å². The van der Waals surface area contributed by atoms with Crippen LogP contribution in [0.2, 0.25) is 0 Å². The van der Waals surface area contributed by atoms with Crippen molar-refractivity contribution in [2.24, 2.45) is 0 Å². The van der Waals surface area contributed by atoms with Crippen LogP contribution in [-0.4, -0.2) is 31.9 Å². The summed E-state index contributed by atoms with van der Waals surface area (Å²) < 4.78 is 1.41. The number of aromatic nitrogens is 3. The Hall–Kier alpha value is -2.89. The number of carbonyl (C=O) groups is 1. The van der Waals surface area contributed by atoms with Crippen molar-refractivity contribution in [3.63, 3.8) is 0 Å². The molecule has 26 heavy (non-hydrogen) atoms. The van der Waals surface area contributed by atoms with Crippen molar-refractivity contribution in [1.29, 1.82) is 0 Å². The van der Waals surface area contributed by atoms with Crippen LogP contribution in [0.4, 0.5) is 0 Å². The van der Waals surface area contributed by atoms with Crippen LogP contribution in [0.5, 0.6) is 0 Å². The molecule has 1 aliphatic heterocycles. The Labute approximate surface area is 151 Å². The average Bonchev–Trinajstić information content (AvgIpc) is 3.13. The highest BCUT2D eigenvalue weighted by Gasteiger charge is 2.29. The van der Waals surface area contributed by atoms with Crippen LogP contribution in [0.25, 0.3) is 5.65 Å². The summed E-state index contributed by atoms with van der Waals surface area (Å²) in [6, 6.07) is 11.2. The van der Waals surface area contributed by atoms with Crippen LogP contribution in [0.1, 0.15) is 42.1 Å². The van der Waals surface area contributed by atoms with E-state index < -0.39 is 0 Å². The molecular weight excluding hydrogens is 328 g/mol. The summed E-state index contributed by atoms with van der Waals surface area (Å²) in [6.07, 6.45) is 4.94. The Morgan fingerprint density at radius 2 is 2.12 bits per heavy atom. The average molecular weight is 350 g/mol. The molecule has 134 valence electrons. The van der Waals surface area contributed by atoms with Gasteiger partial charge in [0.1, 0.15) is 0 Å². The van der Waals surface area contributed by atoms with Crippen LogP contribution in [0.15, 0.2) is 47.4 Å². The summed E-state index contributed by atoms with van der Waals surface area (Å²) in [7, 11) is 0. The molecule has 0 saturated carbocycles. The number of likely N-dealkylation sites (tertiary alicyclic amines) is 1. The number of H-pyrrole nitrogens is 1. The first-order chi connectivity index (χ1) is 12.6. The maximum atomic E-state index is 13.0. The monoisotopic (exact) mass is 350 g/mol. The van der Waals surface area contributed by atoms with Gasteiger partial charge in [0.25, 0.3) is 5.56 Å². The van der Waals surface area contributed by atoms with Gasteiger partial charge in [0.2, 0.25) is 5.91 Å². The molecule has 0 bridgehead atoms. The Bertz CT molecular complexity index is 1000. The summed E-state index contributed by atoms with van der Waals surface area (Å²) in [6.45, 7) is 2.74. The molecule has 0 aliphatic carbocycles. The van der Waals surface area contributed by atoms with Crippen molar-refractivity contribution in [3.05, 3.63) is 69.8 Å². The van der Waals surface area contributed by atoms with E-state index in [1.54, 1.807) is 18.3 Å². The molecule has 3 aromatic rings. The molecule has 0 radical (unpaired) electrons. The number of rotatable bonds is 3. The predicted octanol–water partition coefficient (Wildman–Crippen LogP) is 2.63. The predicted molar refractivity (Wildman–Crippen MR) is 99.0 cm³/mol. The van der Waals surface area contributed by atoms with E-state index in [4.69, 9.17) is 0 Å². The molecule has 6 heteroatoms. The maximum Gasteiger partial charge on any atom is 0.272 e. The molecule has 0 unspecified atom stereocenters. The van der Waals surface area contributed by atoms with E-state index in [0.717, 1.165) is 30.4 Å². The highest BCUT2D eigenvalue weighted by atomic mass is 16.2. The SMILES string of the molecule is Cc1ccccc1CC(=O)N1CCCC[C@H]1c1cc(=O)n2[nH]ccc2n1. The number of nitrogens with zero attached hydrogens (tertiary/aromatic N) is 3. The van der Waals surface area contributed by atoms with Crippen molar-refractivity contribution >= 4 is 11.6 Å². The second kappa shape index (κ2) is 6.78. The van der Waals surface area contributed by atoms with Crippen molar-refractivity contribution in [2.75, 3.05) is 6.54 Å². The number of piperidine rings is 1. The molecule has 1 N–H and O–H groups in total. The molecule has 1 aromatic carbocycles. The third-order valence-electron chi connectivity index (χ3n) is 5.17. The zero-order valence-corrected chi connectivity index (χ0v) is 14.8. The molecule has 6 nitrogen and oxygen atoms in total. The van der Waals surface area contributed by atoms with Crippen LogP contribution in [0.3, 0.4) is 0 Å². The lowest BCUT2D eigenvalue weighted by molar-refractivity contribution is -0.134. The summed E-state index contributed by atoms with van der Waals surface area (Å²) in [5, 5.41) is 2.85. The fourth-order valence-electron chi connectivity index (χ4n) is 3.73. The fraction of sp³-hybridized carbons (Fsp3) is 0.350. The van der Waals surface area contributed by atoms with Gasteiger partial charge in [0.05, 0.1) is 18.2 Å². The number of nitrogens with one attached hydrogen (secondary N) is 1. The van der Waals surface area contributed by atoms with Crippen LogP contribution < -0.4 is 5.56 Å². The standard InChI is InChI=1S/C20H22N4O2/c1-14-6-2-3-7-15(14)12-19(25)23-11-5-4-8-17(23)16-13-20(26)24-18(22-16)9-10-21-24/h2-3,6-7,9-10,13,17,21H,4-5,8,11-12H2,1H3/t17-/m0/s1. The van der Waals surface area contributed by atoms with E-state index in [1.807, 2.05) is 36.1 Å². The van der Waals surface area contributed by atoms with E-state index >= 15 is 0 Å². The maximum absolute atomic E-state index is 13.0. The minimum absolute atomic E-state index is 0.0973. The van der Waals surface area contributed by atoms with E-state index in [0.29, 0.717) is 24.3 Å². The van der Waals surface area contributed by atoms with Gasteiger partial charge < -0.3 is 4.90 Å². The Balaban J connectivity index is 1.64. The number of hydrogen-bond donors (Lipinski definition) is 1. The Morgan fingerprint density at radius 1 is 1.27 bits per heavy atom. The first kappa shape index (κ1) is 16.6. The largest absolute Gasteiger partial charge is 0.334 e. The minimum Gasteiger partial charge on any atom is -0.334 e. The van der Waals surface area contributed by atoms with Gasteiger partial charge in [0, 0.05) is 24.9 Å². The Morgan fingerprint density at radius 3 is 2.96 bits per heavy atom. The quantitative estimate of drug-likeness (QED) is 0.789. The zero-order chi connectivity index (χ0) is 18.1. The van der Waals surface area contributed by atoms with Gasteiger partial charge in [-0.15, -0.1) is 0 Å². The van der Waals surface area contributed by atoms with Crippen LogP contribution in [0, 0.1) is 6.92 Å². The van der Waals surface area contributed by atoms with E-state index in [9.17, 15) is 9.59 Å². The zero-order valence-electron chi connectivity index (χ0n) is 14.8. The molecule has 1 aliphatic rings. The van der Waals surface area contributed by atoms with Crippen molar-refractivity contribution < 1.29 is 4.79 Å². The normalized spacial score (nSPS) is 17.6. The van der Waals surface area contributed by atoms with Crippen LogP contribution in [-0.2, 0) is 11.2 Å². The van der Waals surface area contributed by atoms with Gasteiger partial charge in [-0.05, 0) is 37.3 Å². The number of hydrogen-bond acceptors (Lipinski definition) is 3. The van der Waals surface area contributed by atoms with Crippen molar-refractivity contribution in [1.82, 2.24) is 19.5 Å². The molecule has 3 heterocycles. The molecule has 1 atom stereocenters. The molecule has 1 fully saturated rings. The van der Waals surface area contributed by atoms with Gasteiger partial charge in [-0.3, -0.25) is 14.7 Å². The highest BCUT2D eigenvalue weighted by Crippen LogP contribution is 2.30. The topological polar surface area (TPSA) is 70.5 Å². The second-order valence-electron chi connectivity index (χ2n) is 6.88. The lowest BCUT2D eigenvalue weighted by Crippen LogP contribution is -2.40. The van der Waals surface area contributed by atoms with Gasteiger partial charge in [0.15, 0.2) is 5.65 Å². The molecule has 1 amide bonds. The molecule has 2 aromatic heterocycles. The van der Waals surface area contributed by atoms with Gasteiger partial charge in [-0.25, -0.2) is 9.50 Å². The molecule has 1 saturated heterocycles. The van der Waals surface area contributed by atoms with E-state index in [1.165, 1.54) is 4.52 Å². The van der Waals surface area contributed by atoms with Gasteiger partial charge in [-0.2, -0.15) is 0 Å². The van der Waals surface area contributed by atoms with Crippen molar-refractivity contribution in [3.8, 4) is 0 Å². The smallest absolute Gasteiger partial charge is 0.272 e. The molecular formula is C20H22N4O2. The van der Waals surface area contributed by atoms with Gasteiger partial charge in [-0.1, -0.05) is 24.3 Å². The number of amides is 1. The molecule has 0 spiro atoms. The summed E-state index contributed by atoms with van der Waals surface area (Å²) in [4.78, 5) is 31.8. The number of aromatic amines is 1. The number of aryl methyl sites for hydroxylation is 1. The third kappa shape index (κ3) is 3.03. The number of benzene rings is 1. The van der Waals surface area contributed by atoms with Gasteiger partial charge >= 0.3 is 0 Å². The van der Waals surface area contributed by atoms with Crippen LogP contribution >= 0.6 is 0 Å². The van der Waals surface area contributed by atoms with Crippen molar-refractivity contribution in [2.45, 2.75) is 38.6 Å². The summed E-state index contributed by atoms with van der Waals surface area (Å²) in [5.41, 5.74) is 3.30. The summed E-state index contributed by atoms with van der Waals surface area (Å²) in [5.74, 6) is 0.0973. The number of fused-ring (bicyclic) bond motifs is 1. The van der Waals surface area contributed by atoms with E-state index in [2.05, 4.69) is 10.1 Å².